The number of aryl methyl sites for hydroxylation is 1. The van der Waals surface area contributed by atoms with Crippen molar-refractivity contribution in [3.8, 4) is 0 Å². The molecule has 2 aromatic rings. The molecule has 0 fully saturated rings. The molecule has 0 aliphatic rings. The standard InChI is InChI=1S/C14H22N4/c1-14(2,15)9-17(3)8-11-5-6-13-12(7-11)16-10-18(13)4/h5-7,10H,8-9,15H2,1-4H3. The van der Waals surface area contributed by atoms with Crippen LogP contribution in [0.4, 0.5) is 0 Å². The lowest BCUT2D eigenvalue weighted by Gasteiger charge is -2.26. The van der Waals surface area contributed by atoms with Crippen molar-refractivity contribution in [2.24, 2.45) is 12.8 Å². The molecule has 0 saturated carbocycles. The van der Waals surface area contributed by atoms with E-state index in [0.29, 0.717) is 0 Å². The Hall–Kier alpha value is -1.39. The van der Waals surface area contributed by atoms with E-state index < -0.39 is 0 Å². The van der Waals surface area contributed by atoms with Crippen molar-refractivity contribution in [3.05, 3.63) is 30.1 Å². The van der Waals surface area contributed by atoms with Crippen LogP contribution < -0.4 is 5.73 Å². The molecule has 0 saturated heterocycles. The fourth-order valence-corrected chi connectivity index (χ4v) is 2.34. The van der Waals surface area contributed by atoms with Crippen LogP contribution in [0.15, 0.2) is 24.5 Å². The Kier molecular flexibility index (Phi) is 3.41. The van der Waals surface area contributed by atoms with Gasteiger partial charge in [0.25, 0.3) is 0 Å². The number of rotatable bonds is 4. The second kappa shape index (κ2) is 4.71. The van der Waals surface area contributed by atoms with Gasteiger partial charge in [-0.15, -0.1) is 0 Å². The van der Waals surface area contributed by atoms with Crippen molar-refractivity contribution < 1.29 is 0 Å². The fourth-order valence-electron chi connectivity index (χ4n) is 2.34. The Morgan fingerprint density at radius 2 is 2.11 bits per heavy atom. The van der Waals surface area contributed by atoms with Crippen molar-refractivity contribution in [3.63, 3.8) is 0 Å². The van der Waals surface area contributed by atoms with E-state index >= 15 is 0 Å². The number of fused-ring (bicyclic) bond motifs is 1. The van der Waals surface area contributed by atoms with Gasteiger partial charge in [-0.3, -0.25) is 0 Å². The van der Waals surface area contributed by atoms with Gasteiger partial charge in [0.1, 0.15) is 0 Å². The molecule has 0 aliphatic carbocycles. The van der Waals surface area contributed by atoms with Gasteiger partial charge in [-0.25, -0.2) is 4.98 Å². The Morgan fingerprint density at radius 3 is 2.78 bits per heavy atom. The number of hydrogen-bond donors (Lipinski definition) is 1. The number of imidazole rings is 1. The van der Waals surface area contributed by atoms with Crippen LogP contribution in [0.5, 0.6) is 0 Å². The van der Waals surface area contributed by atoms with E-state index in [1.165, 1.54) is 11.1 Å². The van der Waals surface area contributed by atoms with Crippen LogP contribution in [0.2, 0.25) is 0 Å². The molecule has 0 aliphatic heterocycles. The molecule has 0 amide bonds. The first-order valence-corrected chi connectivity index (χ1v) is 6.22. The summed E-state index contributed by atoms with van der Waals surface area (Å²) in [5.74, 6) is 0. The Balaban J connectivity index is 2.12. The Morgan fingerprint density at radius 1 is 1.39 bits per heavy atom. The van der Waals surface area contributed by atoms with E-state index in [-0.39, 0.29) is 5.54 Å². The van der Waals surface area contributed by atoms with E-state index in [2.05, 4.69) is 35.1 Å². The summed E-state index contributed by atoms with van der Waals surface area (Å²) in [5.41, 5.74) is 9.35. The molecular formula is C14H22N4. The number of likely N-dealkylation sites (N-methyl/N-ethyl adjacent to an activating group) is 1. The minimum absolute atomic E-state index is 0.163. The quantitative estimate of drug-likeness (QED) is 0.894. The van der Waals surface area contributed by atoms with E-state index in [1.54, 1.807) is 0 Å². The molecule has 0 atom stereocenters. The molecule has 0 bridgehead atoms. The summed E-state index contributed by atoms with van der Waals surface area (Å²) in [6, 6.07) is 6.43. The summed E-state index contributed by atoms with van der Waals surface area (Å²) in [5, 5.41) is 0. The second-order valence-corrected chi connectivity index (χ2v) is 5.84. The van der Waals surface area contributed by atoms with Crippen molar-refractivity contribution >= 4 is 11.0 Å². The van der Waals surface area contributed by atoms with Crippen LogP contribution in [0.25, 0.3) is 11.0 Å². The molecule has 2 rings (SSSR count). The number of benzene rings is 1. The highest BCUT2D eigenvalue weighted by Gasteiger charge is 2.14. The molecule has 1 heterocycles. The van der Waals surface area contributed by atoms with Gasteiger partial charge < -0.3 is 15.2 Å². The van der Waals surface area contributed by atoms with Crippen LogP contribution in [0.3, 0.4) is 0 Å². The molecular weight excluding hydrogens is 224 g/mol. The van der Waals surface area contributed by atoms with E-state index in [4.69, 9.17) is 5.73 Å². The predicted octanol–water partition coefficient (Wildman–Crippen LogP) is 1.74. The monoisotopic (exact) mass is 246 g/mol. The first-order valence-electron chi connectivity index (χ1n) is 6.22. The molecule has 98 valence electrons. The number of aromatic nitrogens is 2. The first-order chi connectivity index (χ1) is 8.35. The summed E-state index contributed by atoms with van der Waals surface area (Å²) in [6.07, 6.45) is 1.85. The lowest BCUT2D eigenvalue weighted by atomic mass is 10.1. The molecule has 1 aromatic carbocycles. The lowest BCUT2D eigenvalue weighted by Crippen LogP contribution is -2.43. The first kappa shape index (κ1) is 13.1. The van der Waals surface area contributed by atoms with Gasteiger partial charge >= 0.3 is 0 Å². The number of hydrogen-bond acceptors (Lipinski definition) is 3. The summed E-state index contributed by atoms with van der Waals surface area (Å²) in [4.78, 5) is 6.62. The highest BCUT2D eigenvalue weighted by molar-refractivity contribution is 5.75. The molecule has 4 nitrogen and oxygen atoms in total. The van der Waals surface area contributed by atoms with Crippen LogP contribution in [-0.2, 0) is 13.6 Å². The van der Waals surface area contributed by atoms with E-state index in [1.807, 2.05) is 31.8 Å². The van der Waals surface area contributed by atoms with Gasteiger partial charge in [0.15, 0.2) is 0 Å². The zero-order valence-electron chi connectivity index (χ0n) is 11.6. The zero-order valence-corrected chi connectivity index (χ0v) is 11.6. The highest BCUT2D eigenvalue weighted by Crippen LogP contribution is 2.15. The maximum absolute atomic E-state index is 6.03. The van der Waals surface area contributed by atoms with Crippen LogP contribution in [0.1, 0.15) is 19.4 Å². The summed E-state index contributed by atoms with van der Waals surface area (Å²) >= 11 is 0. The molecule has 18 heavy (non-hydrogen) atoms. The van der Waals surface area contributed by atoms with Gasteiger partial charge in [-0.1, -0.05) is 6.07 Å². The van der Waals surface area contributed by atoms with Gasteiger partial charge in [0.2, 0.25) is 0 Å². The minimum Gasteiger partial charge on any atom is -0.334 e. The largest absolute Gasteiger partial charge is 0.334 e. The summed E-state index contributed by atoms with van der Waals surface area (Å²) in [6.45, 7) is 5.86. The topological polar surface area (TPSA) is 47.1 Å². The van der Waals surface area contributed by atoms with Crippen LogP contribution >= 0.6 is 0 Å². The molecule has 0 unspecified atom stereocenters. The zero-order chi connectivity index (χ0) is 13.3. The van der Waals surface area contributed by atoms with Crippen molar-refractivity contribution in [1.82, 2.24) is 14.5 Å². The predicted molar refractivity (Wildman–Crippen MR) is 75.3 cm³/mol. The molecule has 0 radical (unpaired) electrons. The highest BCUT2D eigenvalue weighted by atomic mass is 15.1. The van der Waals surface area contributed by atoms with Crippen LogP contribution in [-0.4, -0.2) is 33.6 Å². The smallest absolute Gasteiger partial charge is 0.0955 e. The average Bonchev–Trinajstić information content (AvgIpc) is 2.57. The SMILES string of the molecule is CN(Cc1ccc2c(c1)ncn2C)CC(C)(C)N. The maximum Gasteiger partial charge on any atom is 0.0955 e. The van der Waals surface area contributed by atoms with Gasteiger partial charge in [0.05, 0.1) is 17.4 Å². The number of nitrogens with zero attached hydrogens (tertiary/aromatic N) is 3. The van der Waals surface area contributed by atoms with Gasteiger partial charge in [-0.2, -0.15) is 0 Å². The van der Waals surface area contributed by atoms with Crippen molar-refractivity contribution in [2.45, 2.75) is 25.9 Å². The molecule has 0 spiro atoms. The van der Waals surface area contributed by atoms with E-state index in [0.717, 1.165) is 18.6 Å². The maximum atomic E-state index is 6.03. The lowest BCUT2D eigenvalue weighted by molar-refractivity contribution is 0.263. The summed E-state index contributed by atoms with van der Waals surface area (Å²) in [7, 11) is 4.11. The molecule has 4 heteroatoms. The second-order valence-electron chi connectivity index (χ2n) is 5.84. The van der Waals surface area contributed by atoms with E-state index in [9.17, 15) is 0 Å². The third-order valence-corrected chi connectivity index (χ3v) is 2.92. The average molecular weight is 246 g/mol. The van der Waals surface area contributed by atoms with Crippen molar-refractivity contribution in [2.75, 3.05) is 13.6 Å². The van der Waals surface area contributed by atoms with Crippen molar-refractivity contribution in [1.29, 1.82) is 0 Å². The molecule has 2 N–H and O–H groups in total. The third-order valence-electron chi connectivity index (χ3n) is 2.92. The minimum atomic E-state index is -0.163. The summed E-state index contributed by atoms with van der Waals surface area (Å²) < 4.78 is 2.03. The fraction of sp³-hybridized carbons (Fsp3) is 0.500. The molecule has 1 aromatic heterocycles. The Bertz CT molecular complexity index is 536. The normalized spacial score (nSPS) is 12.6. The Labute approximate surface area is 108 Å². The van der Waals surface area contributed by atoms with Gasteiger partial charge in [-0.05, 0) is 38.6 Å². The number of nitrogens with two attached hydrogens (primary N) is 1. The van der Waals surface area contributed by atoms with Gasteiger partial charge in [0, 0.05) is 25.7 Å². The van der Waals surface area contributed by atoms with Crippen LogP contribution in [0, 0.1) is 0 Å². The third kappa shape index (κ3) is 3.09.